The molecule has 9 nitrogen and oxygen atoms in total. The molecular weight excluding hydrogens is 735 g/mol. The van der Waals surface area contributed by atoms with E-state index < -0.39 is 24.7 Å². The number of anilines is 1. The van der Waals surface area contributed by atoms with Crippen LogP contribution >= 0.6 is 34.5 Å². The molecule has 3 saturated heterocycles. The standard InChI is InChI=1S/C38H37Cl2F2N3O6S/c39-29-17-43-18-30(40)28(29)16-32(24-6-7-31(51-38(41)42)33(15-24)48-20-22-4-5-22)49-36(46)25-2-1-3-27(14-25)44-35(26-10-13-52-21-26)37(47)50-34-19-45-11-8-23(34)9-12-45/h1-3,6-7,10,13-15,17-18,21-23,32,34-35,38,44H,4-5,8-9,11-12,16,19-20H2/t32-,34-,35?/m0/s1. The van der Waals surface area contributed by atoms with E-state index in [-0.39, 0.29) is 45.6 Å². The predicted molar refractivity (Wildman–Crippen MR) is 194 cm³/mol. The van der Waals surface area contributed by atoms with Crippen LogP contribution in [0.1, 0.15) is 64.9 Å². The lowest BCUT2D eigenvalue weighted by Crippen LogP contribution is -2.52. The number of esters is 2. The van der Waals surface area contributed by atoms with E-state index in [1.807, 2.05) is 16.8 Å². The van der Waals surface area contributed by atoms with Crippen LogP contribution in [0.15, 0.2) is 71.7 Å². The largest absolute Gasteiger partial charge is 0.489 e. The second kappa shape index (κ2) is 16.4. The number of aromatic nitrogens is 1. The fourth-order valence-electron chi connectivity index (χ4n) is 6.65. The number of halogens is 4. The third kappa shape index (κ3) is 8.97. The van der Waals surface area contributed by atoms with Crippen LogP contribution in [0, 0.1) is 11.8 Å². The number of nitrogens with one attached hydrogen (secondary N) is 1. The Balaban J connectivity index is 1.13. The van der Waals surface area contributed by atoms with E-state index in [2.05, 4.69) is 15.2 Å². The van der Waals surface area contributed by atoms with Crippen molar-refractivity contribution < 1.29 is 37.3 Å². The summed E-state index contributed by atoms with van der Waals surface area (Å²) in [6, 6.07) is 12.2. The maximum atomic E-state index is 13.9. The lowest BCUT2D eigenvalue weighted by Gasteiger charge is -2.44. The predicted octanol–water partition coefficient (Wildman–Crippen LogP) is 8.77. The maximum absolute atomic E-state index is 13.9. The van der Waals surface area contributed by atoms with Crippen LogP contribution in [0.3, 0.4) is 0 Å². The quantitative estimate of drug-likeness (QED) is 0.119. The van der Waals surface area contributed by atoms with Crippen LogP contribution in [-0.4, -0.2) is 60.8 Å². The third-order valence-electron chi connectivity index (χ3n) is 9.70. The van der Waals surface area contributed by atoms with Crippen molar-refractivity contribution >= 4 is 52.2 Å². The van der Waals surface area contributed by atoms with E-state index in [0.29, 0.717) is 35.3 Å². The number of alkyl halides is 2. The van der Waals surface area contributed by atoms with Gasteiger partial charge in [-0.3, -0.25) is 9.88 Å². The summed E-state index contributed by atoms with van der Waals surface area (Å²) in [5.41, 5.74) is 2.42. The summed E-state index contributed by atoms with van der Waals surface area (Å²) in [4.78, 5) is 33.9. The van der Waals surface area contributed by atoms with Crippen LogP contribution in [0.5, 0.6) is 11.5 Å². The molecule has 1 aliphatic carbocycles. The smallest absolute Gasteiger partial charge is 0.387 e. The Morgan fingerprint density at radius 1 is 0.981 bits per heavy atom. The van der Waals surface area contributed by atoms with Crippen molar-refractivity contribution in [2.45, 2.75) is 57.0 Å². The second-order valence-electron chi connectivity index (χ2n) is 13.3. The van der Waals surface area contributed by atoms with Gasteiger partial charge in [-0.2, -0.15) is 20.1 Å². The van der Waals surface area contributed by atoms with Crippen LogP contribution in [-0.2, 0) is 20.7 Å². The lowest BCUT2D eigenvalue weighted by atomic mass is 9.86. The number of carbonyl (C=O) groups excluding carboxylic acids is 2. The highest BCUT2D eigenvalue weighted by Gasteiger charge is 2.38. The van der Waals surface area contributed by atoms with Gasteiger partial charge in [-0.15, -0.1) is 0 Å². The number of hydrogen-bond donors (Lipinski definition) is 1. The summed E-state index contributed by atoms with van der Waals surface area (Å²) in [6.45, 7) is 0.0893. The van der Waals surface area contributed by atoms with Gasteiger partial charge in [-0.05, 0) is 114 Å². The summed E-state index contributed by atoms with van der Waals surface area (Å²) in [5.74, 6) is -0.383. The highest BCUT2D eigenvalue weighted by molar-refractivity contribution is 7.08. The number of hydrogen-bond acceptors (Lipinski definition) is 10. The Morgan fingerprint density at radius 3 is 2.44 bits per heavy atom. The van der Waals surface area contributed by atoms with Crippen LogP contribution in [0.2, 0.25) is 10.0 Å². The minimum absolute atomic E-state index is 0.0483. The van der Waals surface area contributed by atoms with Gasteiger partial charge in [0.25, 0.3) is 0 Å². The van der Waals surface area contributed by atoms with Crippen molar-refractivity contribution in [3.63, 3.8) is 0 Å². The van der Waals surface area contributed by atoms with E-state index in [1.54, 1.807) is 24.3 Å². The van der Waals surface area contributed by atoms with Gasteiger partial charge >= 0.3 is 18.6 Å². The highest BCUT2D eigenvalue weighted by Crippen LogP contribution is 2.38. The molecule has 3 atom stereocenters. The number of carbonyl (C=O) groups is 2. The molecular formula is C38H37Cl2F2N3O6S. The van der Waals surface area contributed by atoms with Crippen LogP contribution < -0.4 is 14.8 Å². The van der Waals surface area contributed by atoms with Crippen molar-refractivity contribution in [1.82, 2.24) is 9.88 Å². The van der Waals surface area contributed by atoms with Crippen LogP contribution in [0.25, 0.3) is 0 Å². The SMILES string of the molecule is O=C(O[C@@H](Cc1c(Cl)cncc1Cl)c1ccc(OC(F)F)c(OCC2CC2)c1)c1cccc(NC(C(=O)O[C@H]2CN3CCC2CC3)c2ccsc2)c1. The van der Waals surface area contributed by atoms with Crippen molar-refractivity contribution in [3.05, 3.63) is 104 Å². The first kappa shape index (κ1) is 36.4. The van der Waals surface area contributed by atoms with E-state index in [0.717, 1.165) is 50.9 Å². The Labute approximate surface area is 314 Å². The molecule has 0 spiro atoms. The van der Waals surface area contributed by atoms with Crippen molar-refractivity contribution in [1.29, 1.82) is 0 Å². The fourth-order valence-corrected chi connectivity index (χ4v) is 7.85. The molecule has 4 fully saturated rings. The molecule has 2 aromatic carbocycles. The van der Waals surface area contributed by atoms with Gasteiger partial charge in [0, 0.05) is 31.0 Å². The number of rotatable bonds is 15. The number of benzene rings is 2. The average molecular weight is 773 g/mol. The molecule has 14 heteroatoms. The fraction of sp³-hybridized carbons (Fsp3) is 0.395. The lowest BCUT2D eigenvalue weighted by molar-refractivity contribution is -0.159. The zero-order valence-electron chi connectivity index (χ0n) is 28.0. The summed E-state index contributed by atoms with van der Waals surface area (Å²) in [7, 11) is 0. The zero-order valence-corrected chi connectivity index (χ0v) is 30.3. The van der Waals surface area contributed by atoms with Crippen molar-refractivity contribution in [2.75, 3.05) is 31.6 Å². The van der Waals surface area contributed by atoms with E-state index in [9.17, 15) is 18.4 Å². The van der Waals surface area contributed by atoms with Crippen molar-refractivity contribution in [2.24, 2.45) is 11.8 Å². The Hall–Kier alpha value is -3.97. The number of pyridine rings is 1. The number of piperidine rings is 3. The molecule has 274 valence electrons. The molecule has 1 saturated carbocycles. The molecule has 2 aromatic heterocycles. The van der Waals surface area contributed by atoms with Crippen molar-refractivity contribution in [3.8, 4) is 11.5 Å². The molecule has 8 rings (SSSR count). The normalized spacial score (nSPS) is 20.6. The number of thiophene rings is 1. The minimum Gasteiger partial charge on any atom is -0.489 e. The van der Waals surface area contributed by atoms with Gasteiger partial charge in [-0.25, -0.2) is 9.59 Å². The topological polar surface area (TPSA) is 99.2 Å². The summed E-state index contributed by atoms with van der Waals surface area (Å²) in [6.07, 6.45) is 5.81. The van der Waals surface area contributed by atoms with Gasteiger partial charge in [0.1, 0.15) is 12.2 Å². The number of fused-ring (bicyclic) bond motifs is 3. The summed E-state index contributed by atoms with van der Waals surface area (Å²) < 4.78 is 49.4. The zero-order chi connectivity index (χ0) is 36.2. The molecule has 5 heterocycles. The van der Waals surface area contributed by atoms with Gasteiger partial charge in [0.2, 0.25) is 0 Å². The Bertz CT molecular complexity index is 1850. The van der Waals surface area contributed by atoms with E-state index in [1.165, 1.54) is 41.9 Å². The second-order valence-corrected chi connectivity index (χ2v) is 14.9. The third-order valence-corrected chi connectivity index (χ3v) is 11.1. The first-order chi connectivity index (χ1) is 25.2. The minimum atomic E-state index is -3.06. The molecule has 4 aromatic rings. The van der Waals surface area contributed by atoms with Gasteiger partial charge in [0.05, 0.1) is 22.2 Å². The molecule has 2 bridgehead atoms. The average Bonchev–Trinajstić information content (AvgIpc) is 3.82. The monoisotopic (exact) mass is 771 g/mol. The molecule has 1 unspecified atom stereocenters. The summed E-state index contributed by atoms with van der Waals surface area (Å²) in [5, 5.41) is 7.62. The van der Waals surface area contributed by atoms with Gasteiger partial charge in [0.15, 0.2) is 17.5 Å². The molecule has 52 heavy (non-hydrogen) atoms. The molecule has 4 aliphatic rings. The first-order valence-corrected chi connectivity index (χ1v) is 18.9. The maximum Gasteiger partial charge on any atom is 0.387 e. The number of nitrogens with zero attached hydrogens (tertiary/aromatic N) is 2. The van der Waals surface area contributed by atoms with Gasteiger partial charge in [-0.1, -0.05) is 35.3 Å². The van der Waals surface area contributed by atoms with Crippen LogP contribution in [0.4, 0.5) is 14.5 Å². The molecule has 1 N–H and O–H groups in total. The molecule has 0 amide bonds. The van der Waals surface area contributed by atoms with Gasteiger partial charge < -0.3 is 24.3 Å². The molecule has 0 radical (unpaired) electrons. The number of ether oxygens (including phenoxy) is 4. The first-order valence-electron chi connectivity index (χ1n) is 17.2. The Morgan fingerprint density at radius 2 is 1.77 bits per heavy atom. The highest BCUT2D eigenvalue weighted by atomic mass is 35.5. The Kier molecular flexibility index (Phi) is 11.5. The molecule has 3 aliphatic heterocycles. The summed E-state index contributed by atoms with van der Waals surface area (Å²) >= 11 is 14.4. The van der Waals surface area contributed by atoms with E-state index in [4.69, 9.17) is 42.1 Å². The van der Waals surface area contributed by atoms with E-state index >= 15 is 0 Å².